The van der Waals surface area contributed by atoms with Crippen LogP contribution in [-0.4, -0.2) is 12.6 Å². The number of rotatable bonds is 24. The van der Waals surface area contributed by atoms with Crippen molar-refractivity contribution in [2.45, 2.75) is 162 Å². The third-order valence-electron chi connectivity index (χ3n) is 6.00. The molecule has 0 radical (unpaired) electrons. The Hall–Kier alpha value is -0.570. The summed E-state index contributed by atoms with van der Waals surface area (Å²) < 4.78 is 5.35. The average molecular weight is 428 g/mol. The largest absolute Gasteiger partial charge is 0.466 e. The van der Waals surface area contributed by atoms with Crippen LogP contribution in [0.1, 0.15) is 162 Å². The van der Waals surface area contributed by atoms with E-state index < -0.39 is 0 Å². The Morgan fingerprint density at radius 2 is 0.767 bits per heavy atom. The first-order valence-corrected chi connectivity index (χ1v) is 13.5. The molecule has 182 valence electrons. The molecule has 0 bridgehead atoms. The predicted molar refractivity (Wildman–Crippen MR) is 134 cm³/mol. The van der Waals surface area contributed by atoms with Crippen molar-refractivity contribution < 1.29 is 9.53 Å². The number of hydrogen-bond donors (Lipinski definition) is 1. The lowest BCUT2D eigenvalue weighted by atomic mass is 10.0. The zero-order chi connectivity index (χ0) is 21.3. The molecule has 30 heavy (non-hydrogen) atoms. The molecule has 0 heterocycles. The van der Waals surface area contributed by atoms with E-state index in [0.717, 1.165) is 12.8 Å². The Kier molecular flexibility index (Phi) is 30.0. The molecule has 0 rings (SSSR count). The Balaban J connectivity index is 0. The molecule has 3 heteroatoms. The van der Waals surface area contributed by atoms with Crippen LogP contribution in [0.15, 0.2) is 0 Å². The Bertz CT molecular complexity index is 320. The molecule has 0 aromatic rings. The normalized spacial score (nSPS) is 10.7. The van der Waals surface area contributed by atoms with E-state index in [1.165, 1.54) is 128 Å². The van der Waals surface area contributed by atoms with E-state index in [0.29, 0.717) is 13.0 Å². The first-order valence-electron chi connectivity index (χ1n) is 13.5. The maximum atomic E-state index is 11.7. The molecular formula is C27H57NO2. The summed E-state index contributed by atoms with van der Waals surface area (Å²) >= 11 is 0. The Morgan fingerprint density at radius 3 is 1.13 bits per heavy atom. The quantitative estimate of drug-likeness (QED) is 0.123. The molecule has 0 aliphatic heterocycles. The first-order chi connectivity index (χ1) is 14.3. The number of hydrogen-bond acceptors (Lipinski definition) is 3. The van der Waals surface area contributed by atoms with Crippen LogP contribution in [0.4, 0.5) is 0 Å². The Labute approximate surface area is 190 Å². The van der Waals surface area contributed by atoms with Crippen molar-refractivity contribution in [3.63, 3.8) is 0 Å². The summed E-state index contributed by atoms with van der Waals surface area (Å²) in [5, 5.41) is 0. The highest BCUT2D eigenvalue weighted by Gasteiger charge is 2.02. The molecule has 0 aromatic heterocycles. The fourth-order valence-electron chi connectivity index (χ4n) is 3.96. The van der Waals surface area contributed by atoms with Gasteiger partial charge in [-0.2, -0.15) is 0 Å². The summed E-state index contributed by atoms with van der Waals surface area (Å²) in [6, 6.07) is 0. The molecule has 0 unspecified atom stereocenters. The van der Waals surface area contributed by atoms with Crippen LogP contribution in [0.25, 0.3) is 0 Å². The molecule has 3 N–H and O–H groups in total. The molecule has 0 spiro atoms. The van der Waals surface area contributed by atoms with E-state index in [1.54, 1.807) is 0 Å². The topological polar surface area (TPSA) is 61.3 Å². The van der Waals surface area contributed by atoms with E-state index >= 15 is 0 Å². The van der Waals surface area contributed by atoms with Crippen molar-refractivity contribution in [3.05, 3.63) is 0 Å². The Morgan fingerprint density at radius 1 is 0.467 bits per heavy atom. The van der Waals surface area contributed by atoms with Gasteiger partial charge in [0.25, 0.3) is 0 Å². The van der Waals surface area contributed by atoms with Gasteiger partial charge in [-0.25, -0.2) is 0 Å². The van der Waals surface area contributed by atoms with E-state index in [9.17, 15) is 4.79 Å². The first kappa shape index (κ1) is 31.6. The summed E-state index contributed by atoms with van der Waals surface area (Å²) in [5.74, 6) is 0.0191. The summed E-state index contributed by atoms with van der Waals surface area (Å²) in [5.41, 5.74) is 0. The lowest BCUT2D eigenvalue weighted by Gasteiger charge is -2.05. The van der Waals surface area contributed by atoms with Gasteiger partial charge in [0.1, 0.15) is 0 Å². The highest BCUT2D eigenvalue weighted by molar-refractivity contribution is 5.69. The van der Waals surface area contributed by atoms with Crippen LogP contribution >= 0.6 is 0 Å². The van der Waals surface area contributed by atoms with Crippen molar-refractivity contribution in [1.29, 1.82) is 0 Å². The zero-order valence-electron chi connectivity index (χ0n) is 21.0. The third kappa shape index (κ3) is 27.4. The van der Waals surface area contributed by atoms with Crippen molar-refractivity contribution in [2.75, 3.05) is 6.61 Å². The minimum atomic E-state index is 0. The molecular weight excluding hydrogens is 370 g/mol. The van der Waals surface area contributed by atoms with Gasteiger partial charge in [0.2, 0.25) is 0 Å². The second-order valence-corrected chi connectivity index (χ2v) is 9.04. The van der Waals surface area contributed by atoms with Crippen LogP contribution < -0.4 is 6.15 Å². The van der Waals surface area contributed by atoms with Gasteiger partial charge in [0, 0.05) is 6.42 Å². The maximum absolute atomic E-state index is 11.7. The van der Waals surface area contributed by atoms with Crippen LogP contribution in [0.5, 0.6) is 0 Å². The third-order valence-corrected chi connectivity index (χ3v) is 6.00. The van der Waals surface area contributed by atoms with Crippen molar-refractivity contribution in [2.24, 2.45) is 0 Å². The summed E-state index contributed by atoms with van der Waals surface area (Å²) in [6.07, 6.45) is 29.9. The lowest BCUT2D eigenvalue weighted by molar-refractivity contribution is -0.143. The fourth-order valence-corrected chi connectivity index (χ4v) is 3.96. The number of unbranched alkanes of at least 4 members (excludes halogenated alkanes) is 20. The molecule has 0 aromatic carbocycles. The summed E-state index contributed by atoms with van der Waals surface area (Å²) in [7, 11) is 0. The van der Waals surface area contributed by atoms with E-state index in [2.05, 4.69) is 13.8 Å². The second-order valence-electron chi connectivity index (χ2n) is 9.04. The summed E-state index contributed by atoms with van der Waals surface area (Å²) in [6.45, 7) is 5.16. The second kappa shape index (κ2) is 28.4. The minimum absolute atomic E-state index is 0. The van der Waals surface area contributed by atoms with Crippen LogP contribution in [-0.2, 0) is 9.53 Å². The number of esters is 1. The van der Waals surface area contributed by atoms with Crippen LogP contribution in [0.3, 0.4) is 0 Å². The van der Waals surface area contributed by atoms with Gasteiger partial charge in [0.05, 0.1) is 6.61 Å². The molecule has 0 saturated carbocycles. The van der Waals surface area contributed by atoms with Gasteiger partial charge in [-0.15, -0.1) is 0 Å². The number of carbonyl (C=O) groups is 1. The van der Waals surface area contributed by atoms with Gasteiger partial charge in [-0.05, 0) is 12.8 Å². The van der Waals surface area contributed by atoms with E-state index in [-0.39, 0.29) is 12.1 Å². The van der Waals surface area contributed by atoms with Crippen LogP contribution in [0, 0.1) is 0 Å². The van der Waals surface area contributed by atoms with Crippen molar-refractivity contribution in [3.8, 4) is 0 Å². The molecule has 3 nitrogen and oxygen atoms in total. The van der Waals surface area contributed by atoms with Crippen molar-refractivity contribution in [1.82, 2.24) is 6.15 Å². The van der Waals surface area contributed by atoms with Crippen LogP contribution in [0.2, 0.25) is 0 Å². The minimum Gasteiger partial charge on any atom is -0.466 e. The van der Waals surface area contributed by atoms with Gasteiger partial charge in [0.15, 0.2) is 0 Å². The highest BCUT2D eigenvalue weighted by atomic mass is 16.5. The standard InChI is InChI=1S/C27H54O2.H3N/c1-3-5-7-9-11-12-13-14-15-16-17-18-19-21-23-25-27(28)29-26-24-22-20-10-8-6-4-2;/h3-26H2,1-2H3;1H3. The smallest absolute Gasteiger partial charge is 0.305 e. The number of carbonyl (C=O) groups excluding carboxylic acids is 1. The number of ether oxygens (including phenoxy) is 1. The van der Waals surface area contributed by atoms with Gasteiger partial charge in [-0.3, -0.25) is 4.79 Å². The van der Waals surface area contributed by atoms with E-state index in [4.69, 9.17) is 4.74 Å². The van der Waals surface area contributed by atoms with Gasteiger partial charge >= 0.3 is 5.97 Å². The molecule has 0 aliphatic carbocycles. The molecule has 0 amide bonds. The molecule has 0 atom stereocenters. The lowest BCUT2D eigenvalue weighted by Crippen LogP contribution is -2.05. The predicted octanol–water partition coefficient (Wildman–Crippen LogP) is 9.70. The van der Waals surface area contributed by atoms with E-state index in [1.807, 2.05) is 0 Å². The van der Waals surface area contributed by atoms with Gasteiger partial charge in [-0.1, -0.05) is 142 Å². The fraction of sp³-hybridized carbons (Fsp3) is 0.963. The zero-order valence-corrected chi connectivity index (χ0v) is 21.0. The summed E-state index contributed by atoms with van der Waals surface area (Å²) in [4.78, 5) is 11.7. The maximum Gasteiger partial charge on any atom is 0.305 e. The monoisotopic (exact) mass is 427 g/mol. The SMILES string of the molecule is CCCCCCCCCCCCCCCCCC(=O)OCCCCCCCCC.N. The van der Waals surface area contributed by atoms with Gasteiger partial charge < -0.3 is 10.9 Å². The molecule has 0 aliphatic rings. The highest BCUT2D eigenvalue weighted by Crippen LogP contribution is 2.14. The molecule has 0 saturated heterocycles. The average Bonchev–Trinajstić information content (AvgIpc) is 2.72. The molecule has 0 fully saturated rings. The van der Waals surface area contributed by atoms with Crippen molar-refractivity contribution >= 4 is 5.97 Å².